The molecule has 3 rings (SSSR count). The lowest BCUT2D eigenvalue weighted by Gasteiger charge is -2.52. The van der Waals surface area contributed by atoms with Crippen molar-refractivity contribution in [2.24, 2.45) is 0 Å². The van der Waals surface area contributed by atoms with Gasteiger partial charge in [-0.15, -0.1) is 13.2 Å². The maximum Gasteiger partial charge on any atom is 0.250 e. The Kier molecular flexibility index (Phi) is 8.10. The molecule has 2 heterocycles. The van der Waals surface area contributed by atoms with Crippen molar-refractivity contribution in [3.63, 3.8) is 0 Å². The number of anilines is 1. The molecule has 28 heavy (non-hydrogen) atoms. The van der Waals surface area contributed by atoms with Crippen LogP contribution in [-0.2, 0) is 10.8 Å². The first-order valence-electron chi connectivity index (χ1n) is 11.0. The fraction of sp³-hybridized carbons (Fsp3) is 0.667. The van der Waals surface area contributed by atoms with Crippen LogP contribution in [0.15, 0.2) is 31.4 Å². The number of likely N-dealkylation sites (N-methyl/N-ethyl adjacent to an activating group) is 1. The molecule has 0 radical (unpaired) electrons. The zero-order valence-electron chi connectivity index (χ0n) is 20.6. The Morgan fingerprint density at radius 2 is 1.57 bits per heavy atom. The van der Waals surface area contributed by atoms with Crippen LogP contribution < -0.4 is 4.81 Å². The summed E-state index contributed by atoms with van der Waals surface area (Å²) in [6, 6.07) is 7.20. The van der Waals surface area contributed by atoms with E-state index in [4.69, 9.17) is 0 Å². The van der Waals surface area contributed by atoms with Crippen molar-refractivity contribution in [1.29, 1.82) is 0 Å². The Morgan fingerprint density at radius 3 is 2.04 bits per heavy atom. The summed E-state index contributed by atoms with van der Waals surface area (Å²) in [5.41, 5.74) is 5.43. The molecular weight excluding hydrogens is 338 g/mol. The molecule has 1 fully saturated rings. The summed E-state index contributed by atoms with van der Waals surface area (Å²) < 4.78 is 0. The summed E-state index contributed by atoms with van der Waals surface area (Å²) in [6.07, 6.45) is 1.70. The van der Waals surface area contributed by atoms with Crippen LogP contribution >= 0.6 is 0 Å². The van der Waals surface area contributed by atoms with Crippen molar-refractivity contribution in [3.8, 4) is 0 Å². The van der Waals surface area contributed by atoms with Gasteiger partial charge in [0.05, 0.1) is 6.17 Å². The maximum absolute atomic E-state index is 3.00. The number of rotatable bonds is 0. The highest BCUT2D eigenvalue weighted by atomic mass is 15.3. The fourth-order valence-electron chi connectivity index (χ4n) is 4.77. The number of fused-ring (bicyclic) bond motifs is 3. The van der Waals surface area contributed by atoms with E-state index in [1.807, 2.05) is 0 Å². The first kappa shape index (κ1) is 24.9. The van der Waals surface area contributed by atoms with E-state index in [1.54, 1.807) is 0 Å². The highest BCUT2D eigenvalue weighted by Gasteiger charge is 2.55. The van der Waals surface area contributed by atoms with Gasteiger partial charge in [-0.2, -0.15) is 0 Å². The van der Waals surface area contributed by atoms with E-state index in [0.717, 1.165) is 0 Å². The van der Waals surface area contributed by atoms with Crippen molar-refractivity contribution in [2.75, 3.05) is 11.9 Å². The molecule has 0 aromatic heterocycles. The standard InChI is InChI=1S/C19H32B2N2.C3H8.C2H4/c1-13-20(7)22(9)17-19(5,6)15-11-10-14(18(2,3)4)12-16(15)23(17)21(13)8;1-3-2;1-2/h10-13,17H,1-9H3;3H2,1-2H3;1-2H2. The molecule has 0 saturated carbocycles. The van der Waals surface area contributed by atoms with Gasteiger partial charge in [-0.05, 0) is 29.7 Å². The SMILES string of the molecule is C=C.CB1C(C)B(C)N2c3cc(C(C)(C)C)ccc3C(C)(C)C2N1C.CCC. The van der Waals surface area contributed by atoms with Crippen LogP contribution in [0.2, 0.25) is 19.4 Å². The number of nitrogens with zero attached hydrogens (tertiary/aromatic N) is 2. The molecule has 1 saturated heterocycles. The summed E-state index contributed by atoms with van der Waals surface area (Å²) in [7, 11) is 2.31. The molecule has 2 atom stereocenters. The summed E-state index contributed by atoms with van der Waals surface area (Å²) in [6.45, 7) is 30.4. The minimum atomic E-state index is 0.156. The van der Waals surface area contributed by atoms with Gasteiger partial charge in [0.15, 0.2) is 0 Å². The molecule has 1 aromatic carbocycles. The Bertz CT molecular complexity index is 650. The van der Waals surface area contributed by atoms with Gasteiger partial charge in [-0.25, -0.2) is 0 Å². The van der Waals surface area contributed by atoms with Crippen LogP contribution in [0, 0.1) is 0 Å². The molecule has 0 spiro atoms. The second kappa shape index (κ2) is 9.11. The van der Waals surface area contributed by atoms with Gasteiger partial charge in [-0.3, -0.25) is 0 Å². The van der Waals surface area contributed by atoms with Crippen LogP contribution in [0.25, 0.3) is 0 Å². The van der Waals surface area contributed by atoms with E-state index in [9.17, 15) is 0 Å². The van der Waals surface area contributed by atoms with Crippen LogP contribution in [0.5, 0.6) is 0 Å². The van der Waals surface area contributed by atoms with Crippen LogP contribution in [0.4, 0.5) is 5.69 Å². The highest BCUT2D eigenvalue weighted by Crippen LogP contribution is 2.51. The van der Waals surface area contributed by atoms with E-state index in [0.29, 0.717) is 25.6 Å². The van der Waals surface area contributed by atoms with E-state index in [2.05, 4.69) is 117 Å². The largest absolute Gasteiger partial charge is 0.401 e. The molecule has 2 nitrogen and oxygen atoms in total. The van der Waals surface area contributed by atoms with Crippen LogP contribution in [0.3, 0.4) is 0 Å². The Labute approximate surface area is 177 Å². The second-order valence-corrected chi connectivity index (χ2v) is 10.2. The lowest BCUT2D eigenvalue weighted by atomic mass is 9.30. The molecule has 0 N–H and O–H groups in total. The molecule has 1 aromatic rings. The third-order valence-corrected chi connectivity index (χ3v) is 6.73. The Morgan fingerprint density at radius 1 is 1.07 bits per heavy atom. The van der Waals surface area contributed by atoms with Gasteiger partial charge < -0.3 is 9.62 Å². The Balaban J connectivity index is 0.000000717. The van der Waals surface area contributed by atoms with Crippen molar-refractivity contribution in [1.82, 2.24) is 4.81 Å². The molecule has 2 unspecified atom stereocenters. The minimum absolute atomic E-state index is 0.156. The molecule has 0 bridgehead atoms. The van der Waals surface area contributed by atoms with E-state index >= 15 is 0 Å². The lowest BCUT2D eigenvalue weighted by molar-refractivity contribution is 0.274. The predicted octanol–water partition coefficient (Wildman–Crippen LogP) is 6.74. The number of benzene rings is 1. The third kappa shape index (κ3) is 4.22. The normalized spacial score (nSPS) is 23.2. The summed E-state index contributed by atoms with van der Waals surface area (Å²) in [5.74, 6) is 0. The maximum atomic E-state index is 3.00. The van der Waals surface area contributed by atoms with E-state index < -0.39 is 0 Å². The summed E-state index contributed by atoms with van der Waals surface area (Å²) >= 11 is 0. The quantitative estimate of drug-likeness (QED) is 0.362. The van der Waals surface area contributed by atoms with Crippen LogP contribution in [-0.4, -0.2) is 31.7 Å². The monoisotopic (exact) mass is 382 g/mol. The topological polar surface area (TPSA) is 6.48 Å². The number of hydrogen-bond donors (Lipinski definition) is 0. The smallest absolute Gasteiger partial charge is 0.250 e. The first-order chi connectivity index (χ1) is 12.9. The van der Waals surface area contributed by atoms with Gasteiger partial charge in [-0.1, -0.05) is 93.3 Å². The van der Waals surface area contributed by atoms with Gasteiger partial charge in [0.2, 0.25) is 13.7 Å². The van der Waals surface area contributed by atoms with Crippen molar-refractivity contribution < 1.29 is 0 Å². The second-order valence-electron chi connectivity index (χ2n) is 10.2. The first-order valence-corrected chi connectivity index (χ1v) is 11.0. The van der Waals surface area contributed by atoms with Gasteiger partial charge in [0.25, 0.3) is 0 Å². The zero-order valence-corrected chi connectivity index (χ0v) is 20.6. The molecule has 2 aliphatic heterocycles. The molecule has 2 aliphatic rings. The average molecular weight is 382 g/mol. The Hall–Kier alpha value is -1.15. The van der Waals surface area contributed by atoms with Gasteiger partial charge in [0, 0.05) is 11.1 Å². The predicted molar refractivity (Wildman–Crippen MR) is 132 cm³/mol. The van der Waals surface area contributed by atoms with Gasteiger partial charge in [0.1, 0.15) is 0 Å². The fourth-order valence-corrected chi connectivity index (χ4v) is 4.77. The van der Waals surface area contributed by atoms with E-state index in [-0.39, 0.29) is 10.8 Å². The average Bonchev–Trinajstić information content (AvgIpc) is 2.87. The van der Waals surface area contributed by atoms with Crippen molar-refractivity contribution >= 4 is 19.4 Å². The van der Waals surface area contributed by atoms with Crippen molar-refractivity contribution in [2.45, 2.75) is 98.2 Å². The zero-order chi connectivity index (χ0) is 22.0. The molecule has 0 aliphatic carbocycles. The third-order valence-electron chi connectivity index (χ3n) is 6.73. The lowest BCUT2D eigenvalue weighted by Crippen LogP contribution is -2.67. The molecule has 4 heteroatoms. The summed E-state index contributed by atoms with van der Waals surface area (Å²) in [5, 5.41) is 0. The molecule has 156 valence electrons. The number of hydrogen-bond acceptors (Lipinski definition) is 2. The minimum Gasteiger partial charge on any atom is -0.401 e. The van der Waals surface area contributed by atoms with Crippen molar-refractivity contribution in [3.05, 3.63) is 42.5 Å². The molecule has 0 amide bonds. The van der Waals surface area contributed by atoms with E-state index in [1.165, 1.54) is 23.2 Å². The summed E-state index contributed by atoms with van der Waals surface area (Å²) in [4.78, 5) is 5.30. The molecular formula is C24H44B2N2. The van der Waals surface area contributed by atoms with Gasteiger partial charge >= 0.3 is 0 Å². The highest BCUT2D eigenvalue weighted by molar-refractivity contribution is 6.81. The van der Waals surface area contributed by atoms with Crippen LogP contribution in [0.1, 0.15) is 72.9 Å².